The summed E-state index contributed by atoms with van der Waals surface area (Å²) in [4.78, 5) is 6.21. The number of aryl methyl sites for hydroxylation is 1. The molecule has 0 bridgehead atoms. The zero-order valence-electron chi connectivity index (χ0n) is 16.9. The maximum absolute atomic E-state index is 15.1. The number of ether oxygens (including phenoxy) is 1. The van der Waals surface area contributed by atoms with Gasteiger partial charge in [0.15, 0.2) is 5.60 Å². The number of methoxy groups -OCH3 is 1. The molecule has 0 amide bonds. The SMILES string of the molecule is CCN(C)/C=N/c1cc(OC)c(C2(O)c3ccc(SC(F)F)cc3C2(F)F)cc1C. The second kappa shape index (κ2) is 8.11. The van der Waals surface area contributed by atoms with Crippen LogP contribution in [0.25, 0.3) is 0 Å². The minimum absolute atomic E-state index is 0.0124. The van der Waals surface area contributed by atoms with Crippen LogP contribution in [0.4, 0.5) is 23.2 Å². The topological polar surface area (TPSA) is 45.1 Å². The van der Waals surface area contributed by atoms with Gasteiger partial charge in [0, 0.05) is 41.2 Å². The monoisotopic (exact) mass is 442 g/mol. The molecule has 3 rings (SSSR count). The van der Waals surface area contributed by atoms with Crippen molar-refractivity contribution in [2.24, 2.45) is 4.99 Å². The van der Waals surface area contributed by atoms with Crippen molar-refractivity contribution in [2.75, 3.05) is 20.7 Å². The highest BCUT2D eigenvalue weighted by atomic mass is 32.2. The Hall–Kier alpha value is -2.26. The van der Waals surface area contributed by atoms with Gasteiger partial charge in [-0.25, -0.2) is 4.99 Å². The van der Waals surface area contributed by atoms with Gasteiger partial charge < -0.3 is 14.7 Å². The van der Waals surface area contributed by atoms with Crippen molar-refractivity contribution in [3.63, 3.8) is 0 Å². The third-order valence-corrected chi connectivity index (χ3v) is 5.90. The fourth-order valence-electron chi connectivity index (χ4n) is 3.40. The van der Waals surface area contributed by atoms with E-state index in [2.05, 4.69) is 4.99 Å². The number of fused-ring (bicyclic) bond motifs is 1. The molecule has 0 heterocycles. The van der Waals surface area contributed by atoms with Gasteiger partial charge in [0.05, 0.1) is 19.1 Å². The maximum atomic E-state index is 15.1. The lowest BCUT2D eigenvalue weighted by Crippen LogP contribution is -2.54. The molecule has 2 aromatic carbocycles. The normalized spacial score (nSPS) is 19.7. The number of hydrogen-bond donors (Lipinski definition) is 1. The van der Waals surface area contributed by atoms with Crippen molar-refractivity contribution >= 4 is 23.8 Å². The van der Waals surface area contributed by atoms with Crippen LogP contribution < -0.4 is 4.74 Å². The third kappa shape index (κ3) is 3.54. The molecule has 0 spiro atoms. The number of thioether (sulfide) groups is 1. The molecule has 2 aromatic rings. The van der Waals surface area contributed by atoms with Crippen LogP contribution in [0.15, 0.2) is 40.2 Å². The highest BCUT2D eigenvalue weighted by Crippen LogP contribution is 2.62. The lowest BCUT2D eigenvalue weighted by molar-refractivity contribution is -0.203. The first-order valence-electron chi connectivity index (χ1n) is 9.19. The van der Waals surface area contributed by atoms with Crippen LogP contribution in [-0.4, -0.2) is 42.8 Å². The van der Waals surface area contributed by atoms with Crippen LogP contribution in [0, 0.1) is 6.92 Å². The summed E-state index contributed by atoms with van der Waals surface area (Å²) < 4.78 is 60.7. The molecular weight excluding hydrogens is 420 g/mol. The van der Waals surface area contributed by atoms with E-state index in [9.17, 15) is 13.9 Å². The Morgan fingerprint density at radius 1 is 1.20 bits per heavy atom. The maximum Gasteiger partial charge on any atom is 0.310 e. The van der Waals surface area contributed by atoms with Gasteiger partial charge in [-0.1, -0.05) is 17.8 Å². The van der Waals surface area contributed by atoms with Crippen molar-refractivity contribution < 1.29 is 27.4 Å². The van der Waals surface area contributed by atoms with E-state index in [1.807, 2.05) is 18.9 Å². The zero-order chi connectivity index (χ0) is 22.3. The van der Waals surface area contributed by atoms with Gasteiger partial charge in [-0.05, 0) is 37.6 Å². The molecule has 9 heteroatoms. The number of halogens is 4. The highest BCUT2D eigenvalue weighted by molar-refractivity contribution is 7.99. The number of alkyl halides is 4. The number of aliphatic hydroxyl groups is 1. The van der Waals surface area contributed by atoms with E-state index in [0.717, 1.165) is 12.6 Å². The van der Waals surface area contributed by atoms with Gasteiger partial charge in [-0.2, -0.15) is 17.6 Å². The van der Waals surface area contributed by atoms with Gasteiger partial charge in [0.25, 0.3) is 5.76 Å². The van der Waals surface area contributed by atoms with Gasteiger partial charge in [0.1, 0.15) is 5.75 Å². The smallest absolute Gasteiger partial charge is 0.310 e. The quantitative estimate of drug-likeness (QED) is 0.275. The van der Waals surface area contributed by atoms with Crippen LogP contribution in [0.1, 0.15) is 29.2 Å². The minimum atomic E-state index is -3.67. The van der Waals surface area contributed by atoms with E-state index in [4.69, 9.17) is 4.74 Å². The minimum Gasteiger partial charge on any atom is -0.496 e. The molecule has 1 aliphatic rings. The predicted molar refractivity (Wildman–Crippen MR) is 109 cm³/mol. The van der Waals surface area contributed by atoms with Gasteiger partial charge in [-0.15, -0.1) is 0 Å². The van der Waals surface area contributed by atoms with Crippen molar-refractivity contribution in [1.29, 1.82) is 0 Å². The largest absolute Gasteiger partial charge is 0.496 e. The molecule has 1 aliphatic carbocycles. The average Bonchev–Trinajstić information content (AvgIpc) is 2.71. The van der Waals surface area contributed by atoms with Crippen LogP contribution in [-0.2, 0) is 11.5 Å². The third-order valence-electron chi connectivity index (χ3n) is 5.20. The van der Waals surface area contributed by atoms with Crippen LogP contribution in [0.5, 0.6) is 5.75 Å². The Morgan fingerprint density at radius 3 is 2.50 bits per heavy atom. The second-order valence-electron chi connectivity index (χ2n) is 7.03. The molecule has 1 atom stereocenters. The molecule has 1 unspecified atom stereocenters. The summed E-state index contributed by atoms with van der Waals surface area (Å²) >= 11 is 0.181. The molecule has 30 heavy (non-hydrogen) atoms. The van der Waals surface area contributed by atoms with Crippen LogP contribution in [0.2, 0.25) is 0 Å². The van der Waals surface area contributed by atoms with Crippen LogP contribution >= 0.6 is 11.8 Å². The second-order valence-corrected chi connectivity index (χ2v) is 8.09. The Labute approximate surface area is 176 Å². The number of rotatable bonds is 7. The molecule has 4 nitrogen and oxygen atoms in total. The summed E-state index contributed by atoms with van der Waals surface area (Å²) in [7, 11) is 3.17. The van der Waals surface area contributed by atoms with E-state index in [0.29, 0.717) is 11.3 Å². The first kappa shape index (κ1) is 22.4. The van der Waals surface area contributed by atoms with E-state index >= 15 is 8.78 Å². The van der Waals surface area contributed by atoms with E-state index in [1.165, 1.54) is 31.4 Å². The summed E-state index contributed by atoms with van der Waals surface area (Å²) in [6.45, 7) is 4.40. The lowest BCUT2D eigenvalue weighted by Gasteiger charge is -2.47. The molecule has 0 aromatic heterocycles. The van der Waals surface area contributed by atoms with Crippen LogP contribution in [0.3, 0.4) is 0 Å². The van der Waals surface area contributed by atoms with Crippen molar-refractivity contribution in [2.45, 2.75) is 36.0 Å². The Kier molecular flexibility index (Phi) is 6.06. The summed E-state index contributed by atoms with van der Waals surface area (Å²) in [6.07, 6.45) is 1.62. The highest BCUT2D eigenvalue weighted by Gasteiger charge is 2.67. The first-order valence-corrected chi connectivity index (χ1v) is 10.1. The molecule has 0 fully saturated rings. The Balaban J connectivity index is 2.08. The summed E-state index contributed by atoms with van der Waals surface area (Å²) in [5.74, 6) is -6.34. The Morgan fingerprint density at radius 2 is 1.90 bits per heavy atom. The number of nitrogens with zero attached hydrogens (tertiary/aromatic N) is 2. The Bertz CT molecular complexity index is 984. The molecule has 0 saturated carbocycles. The summed E-state index contributed by atoms with van der Waals surface area (Å²) in [5.41, 5.74) is -2.14. The molecule has 162 valence electrons. The van der Waals surface area contributed by atoms with E-state index in [1.54, 1.807) is 13.3 Å². The molecule has 1 N–H and O–H groups in total. The number of aliphatic imine (C=N–C) groups is 1. The van der Waals surface area contributed by atoms with Gasteiger partial charge in [-0.3, -0.25) is 0 Å². The van der Waals surface area contributed by atoms with Gasteiger partial charge >= 0.3 is 5.92 Å². The predicted octanol–water partition coefficient (Wildman–Crippen LogP) is 5.27. The molecular formula is C21H22F4N2O2S. The van der Waals surface area contributed by atoms with Gasteiger partial charge in [0.2, 0.25) is 0 Å². The number of hydrogen-bond acceptors (Lipinski definition) is 4. The average molecular weight is 442 g/mol. The fourth-order valence-corrected chi connectivity index (χ4v) is 3.94. The molecule has 0 radical (unpaired) electrons. The van der Waals surface area contributed by atoms with E-state index in [-0.39, 0.29) is 33.5 Å². The standard InChI is InChI=1S/C21H22F4N2O2S/c1-5-27(3)11-26-17-10-18(29-4)16(8-12(17)2)20(28)14-7-6-13(30-19(22)23)9-15(14)21(20,24)25/h6-11,19,28H,5H2,1-4H3/b26-11+. The lowest BCUT2D eigenvalue weighted by atomic mass is 9.65. The first-order chi connectivity index (χ1) is 14.1. The fraction of sp³-hybridized carbons (Fsp3) is 0.381. The van der Waals surface area contributed by atoms with Crippen molar-refractivity contribution in [1.82, 2.24) is 4.90 Å². The number of benzene rings is 2. The van der Waals surface area contributed by atoms with Crippen molar-refractivity contribution in [3.8, 4) is 5.75 Å². The summed E-state index contributed by atoms with van der Waals surface area (Å²) in [6, 6.07) is 6.48. The molecule has 0 saturated heterocycles. The van der Waals surface area contributed by atoms with E-state index < -0.39 is 22.8 Å². The summed E-state index contributed by atoms with van der Waals surface area (Å²) in [5, 5.41) is 11.1. The zero-order valence-corrected chi connectivity index (χ0v) is 17.7. The molecule has 0 aliphatic heterocycles. The van der Waals surface area contributed by atoms with Crippen molar-refractivity contribution in [3.05, 3.63) is 52.6 Å².